The van der Waals surface area contributed by atoms with Crippen LogP contribution in [0.3, 0.4) is 0 Å². The molecule has 21 heavy (non-hydrogen) atoms. The molecule has 1 atom stereocenters. The molecule has 1 fully saturated rings. The van der Waals surface area contributed by atoms with E-state index in [1.807, 2.05) is 6.92 Å². The van der Waals surface area contributed by atoms with Crippen LogP contribution in [0.2, 0.25) is 5.02 Å². The number of nitrogens with one attached hydrogen (secondary N) is 2. The highest BCUT2D eigenvalue weighted by molar-refractivity contribution is 7.89. The van der Waals surface area contributed by atoms with Crippen LogP contribution in [0.1, 0.15) is 18.9 Å². The highest BCUT2D eigenvalue weighted by atomic mass is 35.5. The van der Waals surface area contributed by atoms with Crippen molar-refractivity contribution in [3.63, 3.8) is 0 Å². The SMILES string of the molecule is CCNCc1cc(S(=O)(=O)NC2CCOC2)cc(F)c1Cl. The molecule has 5 nitrogen and oxygen atoms in total. The maximum Gasteiger partial charge on any atom is 0.241 e. The van der Waals surface area contributed by atoms with Gasteiger partial charge in [-0.15, -0.1) is 0 Å². The molecular weight excluding hydrogens is 319 g/mol. The molecule has 1 saturated heterocycles. The van der Waals surface area contributed by atoms with E-state index in [-0.39, 0.29) is 16.0 Å². The van der Waals surface area contributed by atoms with Crippen molar-refractivity contribution in [1.82, 2.24) is 10.0 Å². The molecule has 2 N–H and O–H groups in total. The van der Waals surface area contributed by atoms with E-state index < -0.39 is 15.8 Å². The van der Waals surface area contributed by atoms with E-state index >= 15 is 0 Å². The van der Waals surface area contributed by atoms with Crippen molar-refractivity contribution in [3.05, 3.63) is 28.5 Å². The summed E-state index contributed by atoms with van der Waals surface area (Å²) >= 11 is 5.87. The van der Waals surface area contributed by atoms with Gasteiger partial charge in [0, 0.05) is 19.2 Å². The predicted molar refractivity (Wildman–Crippen MR) is 78.3 cm³/mol. The topological polar surface area (TPSA) is 67.4 Å². The molecule has 0 aliphatic carbocycles. The number of halogens is 2. The van der Waals surface area contributed by atoms with Crippen LogP contribution in [0.25, 0.3) is 0 Å². The van der Waals surface area contributed by atoms with Gasteiger partial charge in [-0.05, 0) is 30.7 Å². The van der Waals surface area contributed by atoms with Gasteiger partial charge in [-0.2, -0.15) is 0 Å². The van der Waals surface area contributed by atoms with Crippen LogP contribution in [-0.4, -0.2) is 34.2 Å². The van der Waals surface area contributed by atoms with E-state index in [4.69, 9.17) is 16.3 Å². The average molecular weight is 337 g/mol. The zero-order valence-corrected chi connectivity index (χ0v) is 13.2. The first kappa shape index (κ1) is 16.6. The highest BCUT2D eigenvalue weighted by Gasteiger charge is 2.25. The first-order chi connectivity index (χ1) is 9.94. The summed E-state index contributed by atoms with van der Waals surface area (Å²) in [5.41, 5.74) is 0.418. The van der Waals surface area contributed by atoms with E-state index in [1.54, 1.807) is 0 Å². The lowest BCUT2D eigenvalue weighted by atomic mass is 10.2. The Morgan fingerprint density at radius 1 is 1.48 bits per heavy atom. The Bertz CT molecular complexity index is 604. The number of hydrogen-bond acceptors (Lipinski definition) is 4. The third-order valence-electron chi connectivity index (χ3n) is 3.20. The first-order valence-corrected chi connectivity index (χ1v) is 8.59. The van der Waals surface area contributed by atoms with Crippen molar-refractivity contribution in [1.29, 1.82) is 0 Å². The minimum absolute atomic E-state index is 0.0564. The lowest BCUT2D eigenvalue weighted by Crippen LogP contribution is -2.35. The zero-order valence-electron chi connectivity index (χ0n) is 11.7. The molecule has 2 rings (SSSR count). The van der Waals surface area contributed by atoms with Crippen molar-refractivity contribution in [3.8, 4) is 0 Å². The largest absolute Gasteiger partial charge is 0.380 e. The third-order valence-corrected chi connectivity index (χ3v) is 5.13. The lowest BCUT2D eigenvalue weighted by Gasteiger charge is -2.14. The van der Waals surface area contributed by atoms with Gasteiger partial charge < -0.3 is 10.1 Å². The van der Waals surface area contributed by atoms with Gasteiger partial charge in [0.15, 0.2) is 0 Å². The summed E-state index contributed by atoms with van der Waals surface area (Å²) < 4.78 is 46.0. The molecule has 1 aromatic carbocycles. The number of hydrogen-bond donors (Lipinski definition) is 2. The normalized spacial score (nSPS) is 19.1. The molecule has 0 amide bonds. The summed E-state index contributed by atoms with van der Waals surface area (Å²) in [6.07, 6.45) is 0.611. The van der Waals surface area contributed by atoms with Gasteiger partial charge >= 0.3 is 0 Å². The van der Waals surface area contributed by atoms with E-state index in [0.717, 1.165) is 6.07 Å². The minimum atomic E-state index is -3.79. The average Bonchev–Trinajstić information content (AvgIpc) is 2.92. The second-order valence-corrected chi connectivity index (χ2v) is 6.93. The molecule has 1 heterocycles. The van der Waals surface area contributed by atoms with Gasteiger partial charge in [-0.3, -0.25) is 0 Å². The fourth-order valence-electron chi connectivity index (χ4n) is 2.08. The first-order valence-electron chi connectivity index (χ1n) is 6.72. The number of sulfonamides is 1. The summed E-state index contributed by atoms with van der Waals surface area (Å²) in [5, 5.41) is 2.94. The fourth-order valence-corrected chi connectivity index (χ4v) is 3.57. The number of ether oxygens (including phenoxy) is 1. The maximum absolute atomic E-state index is 13.8. The summed E-state index contributed by atoms with van der Waals surface area (Å²) in [6.45, 7) is 3.73. The zero-order chi connectivity index (χ0) is 15.5. The Hall–Kier alpha value is -0.730. The molecule has 8 heteroatoms. The molecule has 1 unspecified atom stereocenters. The van der Waals surface area contributed by atoms with E-state index in [9.17, 15) is 12.8 Å². The summed E-state index contributed by atoms with van der Waals surface area (Å²) in [6, 6.07) is 2.06. The summed E-state index contributed by atoms with van der Waals surface area (Å²) in [4.78, 5) is -0.121. The van der Waals surface area contributed by atoms with Crippen molar-refractivity contribution in [2.75, 3.05) is 19.8 Å². The molecule has 1 aromatic rings. The minimum Gasteiger partial charge on any atom is -0.380 e. The van der Waals surface area contributed by atoms with E-state index in [2.05, 4.69) is 10.0 Å². The molecule has 1 aliphatic rings. The molecule has 0 spiro atoms. The van der Waals surface area contributed by atoms with Crippen molar-refractivity contribution in [2.24, 2.45) is 0 Å². The summed E-state index contributed by atoms with van der Waals surface area (Å²) in [5.74, 6) is -0.741. The second kappa shape index (κ2) is 7.02. The van der Waals surface area contributed by atoms with Crippen LogP contribution < -0.4 is 10.0 Å². The molecule has 0 saturated carbocycles. The monoisotopic (exact) mass is 336 g/mol. The quantitative estimate of drug-likeness (QED) is 0.829. The van der Waals surface area contributed by atoms with Gasteiger partial charge in [0.1, 0.15) is 5.82 Å². The predicted octanol–water partition coefficient (Wildman–Crippen LogP) is 1.66. The van der Waals surface area contributed by atoms with E-state index in [0.29, 0.717) is 38.3 Å². The van der Waals surface area contributed by atoms with Gasteiger partial charge in [0.25, 0.3) is 0 Å². The Kier molecular flexibility index (Phi) is 5.56. The smallest absolute Gasteiger partial charge is 0.241 e. The number of rotatable bonds is 6. The van der Waals surface area contributed by atoms with Crippen LogP contribution in [0.4, 0.5) is 4.39 Å². The van der Waals surface area contributed by atoms with Crippen molar-refractivity contribution < 1.29 is 17.5 Å². The van der Waals surface area contributed by atoms with Gasteiger partial charge in [-0.25, -0.2) is 17.5 Å². The maximum atomic E-state index is 13.8. The molecule has 0 radical (unpaired) electrons. The Labute approximate surface area is 128 Å². The Balaban J connectivity index is 2.27. The van der Waals surface area contributed by atoms with Crippen LogP contribution in [0, 0.1) is 5.82 Å². The standard InChI is InChI=1S/C13H18ClFN2O3S/c1-2-16-7-9-5-11(6-12(15)13(9)14)21(18,19)17-10-3-4-20-8-10/h5-6,10,16-17H,2-4,7-8H2,1H3. The Morgan fingerprint density at radius 2 is 2.24 bits per heavy atom. The van der Waals surface area contributed by atoms with Crippen LogP contribution in [0.5, 0.6) is 0 Å². The molecule has 0 aromatic heterocycles. The van der Waals surface area contributed by atoms with Gasteiger partial charge in [0.05, 0.1) is 16.5 Å². The summed E-state index contributed by atoms with van der Waals surface area (Å²) in [7, 11) is -3.79. The molecule has 1 aliphatic heterocycles. The second-order valence-electron chi connectivity index (χ2n) is 4.84. The highest BCUT2D eigenvalue weighted by Crippen LogP contribution is 2.25. The van der Waals surface area contributed by atoms with E-state index in [1.165, 1.54) is 6.07 Å². The van der Waals surface area contributed by atoms with Crippen LogP contribution in [0.15, 0.2) is 17.0 Å². The van der Waals surface area contributed by atoms with Crippen molar-refractivity contribution >= 4 is 21.6 Å². The Morgan fingerprint density at radius 3 is 2.86 bits per heavy atom. The fraction of sp³-hybridized carbons (Fsp3) is 0.538. The molecular formula is C13H18ClFN2O3S. The molecule has 0 bridgehead atoms. The van der Waals surface area contributed by atoms with Gasteiger partial charge in [0.2, 0.25) is 10.0 Å². The lowest BCUT2D eigenvalue weighted by molar-refractivity contribution is 0.192. The molecule has 118 valence electrons. The van der Waals surface area contributed by atoms with Crippen molar-refractivity contribution in [2.45, 2.75) is 30.8 Å². The van der Waals surface area contributed by atoms with Gasteiger partial charge in [-0.1, -0.05) is 18.5 Å². The van der Waals surface area contributed by atoms with Crippen LogP contribution in [-0.2, 0) is 21.3 Å². The third kappa shape index (κ3) is 4.14. The van der Waals surface area contributed by atoms with Crippen LogP contribution >= 0.6 is 11.6 Å². The number of benzene rings is 1.